The number of unbranched alkanes of at least 4 members (excludes halogenated alkanes) is 1. The van der Waals surface area contributed by atoms with Crippen LogP contribution in [0.1, 0.15) is 89.6 Å². The van der Waals surface area contributed by atoms with Crippen molar-refractivity contribution in [2.45, 2.75) is 82.5 Å². The third-order valence-corrected chi connectivity index (χ3v) is 12.5. The van der Waals surface area contributed by atoms with Crippen molar-refractivity contribution in [3.8, 4) is 6.07 Å². The first-order chi connectivity index (χ1) is 31.1. The van der Waals surface area contributed by atoms with Gasteiger partial charge in [0.15, 0.2) is 0 Å². The zero-order valence-electron chi connectivity index (χ0n) is 35.6. The molecule has 0 spiro atoms. The monoisotopic (exact) mass is 864 g/mol. The van der Waals surface area contributed by atoms with Gasteiger partial charge in [-0.25, -0.2) is 9.78 Å². The molecule has 2 saturated heterocycles. The Hall–Kier alpha value is -7.12. The molecule has 4 N–H and O–H groups in total. The van der Waals surface area contributed by atoms with Gasteiger partial charge in [-0.15, -0.1) is 0 Å². The van der Waals surface area contributed by atoms with Crippen molar-refractivity contribution in [3.63, 3.8) is 0 Å². The summed E-state index contributed by atoms with van der Waals surface area (Å²) in [4.78, 5) is 88.9. The molecule has 1 aromatic heterocycles. The normalized spacial score (nSPS) is 20.0. The molecule has 16 nitrogen and oxygen atoms in total. The molecular weight excluding hydrogens is 813 g/mol. The predicted octanol–water partition coefficient (Wildman–Crippen LogP) is 5.42. The number of hydrogen-bond donors (Lipinski definition) is 4. The van der Waals surface area contributed by atoms with Crippen LogP contribution in [0.15, 0.2) is 91.1 Å². The molecule has 3 aromatic carbocycles. The average Bonchev–Trinajstić information content (AvgIpc) is 3.56. The lowest BCUT2D eigenvalue weighted by molar-refractivity contribution is -0.136. The summed E-state index contributed by atoms with van der Waals surface area (Å²) in [5, 5.41) is 20.8. The van der Waals surface area contributed by atoms with Crippen molar-refractivity contribution in [3.05, 3.63) is 113 Å². The fourth-order valence-electron chi connectivity index (χ4n) is 9.03. The Balaban J connectivity index is 0.790. The van der Waals surface area contributed by atoms with Crippen LogP contribution >= 0.6 is 0 Å². The number of hydrogen-bond acceptors (Lipinski definition) is 11. The summed E-state index contributed by atoms with van der Waals surface area (Å²) in [7, 11) is 0. The van der Waals surface area contributed by atoms with Crippen LogP contribution < -0.4 is 31.1 Å². The summed E-state index contributed by atoms with van der Waals surface area (Å²) in [6, 6.07) is 27.5. The number of nitrogens with one attached hydrogen (secondary N) is 4. The van der Waals surface area contributed by atoms with Crippen LogP contribution in [0.5, 0.6) is 0 Å². The molecule has 64 heavy (non-hydrogen) atoms. The molecule has 1 unspecified atom stereocenters. The lowest BCUT2D eigenvalue weighted by Crippen LogP contribution is -2.54. The highest BCUT2D eigenvalue weighted by Gasteiger charge is 2.44. The van der Waals surface area contributed by atoms with Gasteiger partial charge in [0.05, 0.1) is 16.7 Å². The van der Waals surface area contributed by atoms with Crippen molar-refractivity contribution >= 4 is 58.4 Å². The fourth-order valence-corrected chi connectivity index (χ4v) is 9.03. The summed E-state index contributed by atoms with van der Waals surface area (Å²) in [6.07, 6.45) is 6.92. The Morgan fingerprint density at radius 1 is 0.828 bits per heavy atom. The summed E-state index contributed by atoms with van der Waals surface area (Å²) < 4.78 is 0. The van der Waals surface area contributed by atoms with Gasteiger partial charge in [0.1, 0.15) is 17.9 Å². The lowest BCUT2D eigenvalue weighted by Gasteiger charge is -2.38. The van der Waals surface area contributed by atoms with Crippen LogP contribution in [0.3, 0.4) is 0 Å². The molecule has 0 radical (unpaired) electrons. The number of fused-ring (bicyclic) bond motifs is 1. The van der Waals surface area contributed by atoms with E-state index >= 15 is 0 Å². The highest BCUT2D eigenvalue weighted by atomic mass is 16.2. The number of pyridine rings is 1. The Kier molecular flexibility index (Phi) is 13.6. The topological polar surface area (TPSA) is 200 Å². The van der Waals surface area contributed by atoms with Gasteiger partial charge in [0.25, 0.3) is 11.8 Å². The van der Waals surface area contributed by atoms with E-state index in [1.165, 1.54) is 12.1 Å². The molecule has 1 aliphatic carbocycles. The minimum atomic E-state index is -1.05. The van der Waals surface area contributed by atoms with E-state index < -0.39 is 29.7 Å². The molecule has 4 heterocycles. The first kappa shape index (κ1) is 43.5. The number of imide groups is 2. The lowest BCUT2D eigenvalue weighted by atomic mass is 9.90. The summed E-state index contributed by atoms with van der Waals surface area (Å²) >= 11 is 0. The molecule has 0 bridgehead atoms. The third-order valence-electron chi connectivity index (χ3n) is 12.5. The first-order valence-electron chi connectivity index (χ1n) is 22.1. The van der Waals surface area contributed by atoms with E-state index in [9.17, 15) is 28.8 Å². The second kappa shape index (κ2) is 19.9. The van der Waals surface area contributed by atoms with Crippen molar-refractivity contribution in [1.29, 1.82) is 5.26 Å². The molecule has 8 rings (SSSR count). The minimum Gasteiger partial charge on any atom is -0.369 e. The third kappa shape index (κ3) is 10.2. The van der Waals surface area contributed by atoms with E-state index in [-0.39, 0.29) is 48.0 Å². The van der Waals surface area contributed by atoms with Gasteiger partial charge in [0, 0.05) is 80.9 Å². The van der Waals surface area contributed by atoms with Crippen molar-refractivity contribution in [2.24, 2.45) is 0 Å². The SMILES string of the molecule is N#Cc1ccc(NC2CCC(N(C(=O)NCc3ccccc3)c3ccc(N4CCN(CCCCC(=O)Nc5ccc6c(c5)C(=O)N(C5CCC(=O)NC5=O)C6=O)CC4)cc3)CC2)nc1. The van der Waals surface area contributed by atoms with E-state index in [4.69, 9.17) is 5.26 Å². The van der Waals surface area contributed by atoms with E-state index in [2.05, 4.69) is 66.4 Å². The van der Waals surface area contributed by atoms with Gasteiger partial charge in [-0.2, -0.15) is 5.26 Å². The van der Waals surface area contributed by atoms with E-state index in [1.807, 2.05) is 41.3 Å². The maximum Gasteiger partial charge on any atom is 0.322 e. The van der Waals surface area contributed by atoms with Gasteiger partial charge >= 0.3 is 6.03 Å². The van der Waals surface area contributed by atoms with E-state index in [0.717, 1.165) is 92.5 Å². The number of nitrogens with zero attached hydrogens (tertiary/aromatic N) is 6. The second-order valence-electron chi connectivity index (χ2n) is 16.8. The Morgan fingerprint density at radius 2 is 1.58 bits per heavy atom. The predicted molar refractivity (Wildman–Crippen MR) is 240 cm³/mol. The maximum absolute atomic E-state index is 13.9. The first-order valence-corrected chi connectivity index (χ1v) is 22.1. The number of urea groups is 1. The molecule has 330 valence electrons. The van der Waals surface area contributed by atoms with Crippen molar-refractivity contribution < 1.29 is 28.8 Å². The number of benzene rings is 3. The fraction of sp³-hybridized carbons (Fsp3) is 0.375. The number of amides is 7. The Bertz CT molecular complexity index is 2410. The molecular formula is C48H52N10O6. The number of piperidine rings is 1. The minimum absolute atomic E-state index is 0.0276. The molecule has 3 fully saturated rings. The summed E-state index contributed by atoms with van der Waals surface area (Å²) in [5.41, 5.74) is 4.20. The molecule has 3 aliphatic heterocycles. The van der Waals surface area contributed by atoms with Gasteiger partial charge in [0.2, 0.25) is 17.7 Å². The van der Waals surface area contributed by atoms with Gasteiger partial charge < -0.3 is 20.9 Å². The summed E-state index contributed by atoms with van der Waals surface area (Å²) in [5.74, 6) is -1.76. The van der Waals surface area contributed by atoms with Gasteiger partial charge in [-0.1, -0.05) is 30.3 Å². The van der Waals surface area contributed by atoms with Crippen LogP contribution in [0.25, 0.3) is 0 Å². The van der Waals surface area contributed by atoms with E-state index in [1.54, 1.807) is 18.3 Å². The number of carbonyl (C=O) groups is 6. The van der Waals surface area contributed by atoms with Gasteiger partial charge in [-0.05, 0) is 112 Å². The number of nitriles is 1. The van der Waals surface area contributed by atoms with Crippen LogP contribution in [0.4, 0.5) is 27.7 Å². The van der Waals surface area contributed by atoms with Gasteiger partial charge in [-0.3, -0.25) is 44.0 Å². The second-order valence-corrected chi connectivity index (χ2v) is 16.8. The highest BCUT2D eigenvalue weighted by molar-refractivity contribution is 6.24. The highest BCUT2D eigenvalue weighted by Crippen LogP contribution is 2.32. The van der Waals surface area contributed by atoms with Crippen LogP contribution in [0, 0.1) is 11.3 Å². The zero-order chi connectivity index (χ0) is 44.6. The molecule has 4 aromatic rings. The van der Waals surface area contributed by atoms with Crippen molar-refractivity contribution in [1.82, 2.24) is 25.4 Å². The quantitative estimate of drug-likeness (QED) is 0.0932. The van der Waals surface area contributed by atoms with Crippen LogP contribution in [0.2, 0.25) is 0 Å². The number of anilines is 4. The molecule has 4 aliphatic rings. The standard InChI is InChI=1S/C48H52N10O6/c49-29-33-9-21-42(50-31-33)52-34-10-13-37(14-11-34)57(48(64)51-30-32-6-2-1-3-7-32)38-17-15-36(16-18-38)56-26-24-55(25-27-56)23-5-4-8-43(59)53-35-12-19-39-40(28-35)47(63)58(46(39)62)41-20-22-44(60)54-45(41)61/h1-3,6-7,9,12,15-19,21,28,31,34,37,41H,4-5,8,10-11,13-14,20,22-27,30H2,(H,50,52)(H,51,64)(H,53,59)(H,54,60,61). The van der Waals surface area contributed by atoms with Crippen LogP contribution in [-0.4, -0.2) is 101 Å². The smallest absolute Gasteiger partial charge is 0.322 e. The average molecular weight is 865 g/mol. The maximum atomic E-state index is 13.9. The summed E-state index contributed by atoms with van der Waals surface area (Å²) in [6.45, 7) is 4.77. The van der Waals surface area contributed by atoms with E-state index in [0.29, 0.717) is 30.6 Å². The molecule has 16 heteroatoms. The Labute approximate surface area is 372 Å². The largest absolute Gasteiger partial charge is 0.369 e. The van der Waals surface area contributed by atoms with Crippen LogP contribution in [-0.2, 0) is 20.9 Å². The number of aromatic nitrogens is 1. The van der Waals surface area contributed by atoms with Crippen molar-refractivity contribution in [2.75, 3.05) is 53.2 Å². The molecule has 7 amide bonds. The Morgan fingerprint density at radius 3 is 2.28 bits per heavy atom. The number of piperazine rings is 1. The zero-order valence-corrected chi connectivity index (χ0v) is 35.6. The molecule has 1 saturated carbocycles. The number of rotatable bonds is 14. The molecule has 1 atom stereocenters. The number of carbonyl (C=O) groups excluding carboxylic acids is 6.